The Labute approximate surface area is 163 Å². The number of carbonyl (C=O) groups is 2. The number of amides is 1. The predicted molar refractivity (Wildman–Crippen MR) is 103 cm³/mol. The predicted octanol–water partition coefficient (Wildman–Crippen LogP) is 2.01. The van der Waals surface area contributed by atoms with E-state index < -0.39 is 12.1 Å². The van der Waals surface area contributed by atoms with E-state index in [2.05, 4.69) is 4.90 Å². The topological polar surface area (TPSA) is 79.3 Å². The summed E-state index contributed by atoms with van der Waals surface area (Å²) in [7, 11) is 0. The SMILES string of the molecule is O=C(O)c1ccc(CN2CC(C(=O)N3CCOCC3)Oc3ccccc32)cc1. The third kappa shape index (κ3) is 3.80. The molecule has 7 heteroatoms. The fourth-order valence-corrected chi connectivity index (χ4v) is 3.55. The van der Waals surface area contributed by atoms with E-state index in [4.69, 9.17) is 14.6 Å². The summed E-state index contributed by atoms with van der Waals surface area (Å²) >= 11 is 0. The van der Waals surface area contributed by atoms with Crippen molar-refractivity contribution in [1.82, 2.24) is 4.90 Å². The molecule has 2 aliphatic rings. The van der Waals surface area contributed by atoms with E-state index in [-0.39, 0.29) is 11.5 Å². The molecule has 0 spiro atoms. The summed E-state index contributed by atoms with van der Waals surface area (Å²) in [4.78, 5) is 27.9. The summed E-state index contributed by atoms with van der Waals surface area (Å²) in [6, 6.07) is 14.5. The smallest absolute Gasteiger partial charge is 0.335 e. The molecule has 7 nitrogen and oxygen atoms in total. The molecule has 28 heavy (non-hydrogen) atoms. The van der Waals surface area contributed by atoms with E-state index >= 15 is 0 Å². The van der Waals surface area contributed by atoms with Crippen molar-refractivity contribution in [1.29, 1.82) is 0 Å². The fraction of sp³-hybridized carbons (Fsp3) is 0.333. The van der Waals surface area contributed by atoms with Crippen molar-refractivity contribution in [3.63, 3.8) is 0 Å². The number of carbonyl (C=O) groups excluding carboxylic acids is 1. The van der Waals surface area contributed by atoms with Crippen molar-refractivity contribution < 1.29 is 24.2 Å². The van der Waals surface area contributed by atoms with Crippen LogP contribution in [0.4, 0.5) is 5.69 Å². The van der Waals surface area contributed by atoms with Gasteiger partial charge in [-0.05, 0) is 29.8 Å². The molecular weight excluding hydrogens is 360 g/mol. The zero-order chi connectivity index (χ0) is 19.5. The minimum absolute atomic E-state index is 0.0240. The summed E-state index contributed by atoms with van der Waals surface area (Å²) in [5, 5.41) is 9.07. The molecule has 1 amide bonds. The number of fused-ring (bicyclic) bond motifs is 1. The second kappa shape index (κ2) is 7.90. The number of nitrogens with zero attached hydrogens (tertiary/aromatic N) is 2. The summed E-state index contributed by atoms with van der Waals surface area (Å²) in [6.45, 7) is 3.26. The van der Waals surface area contributed by atoms with Crippen molar-refractivity contribution in [2.24, 2.45) is 0 Å². The van der Waals surface area contributed by atoms with Crippen LogP contribution in [0.1, 0.15) is 15.9 Å². The van der Waals surface area contributed by atoms with Crippen LogP contribution in [0, 0.1) is 0 Å². The molecule has 2 aliphatic heterocycles. The standard InChI is InChI=1S/C21H22N2O5/c24-20(22-9-11-27-12-10-22)19-14-23(17-3-1-2-4-18(17)28-19)13-15-5-7-16(8-6-15)21(25)26/h1-8,19H,9-14H2,(H,25,26). The Balaban J connectivity index is 1.55. The first-order valence-electron chi connectivity index (χ1n) is 9.31. The molecule has 2 heterocycles. The Morgan fingerprint density at radius 3 is 2.46 bits per heavy atom. The van der Waals surface area contributed by atoms with Crippen LogP contribution in [0.15, 0.2) is 48.5 Å². The van der Waals surface area contributed by atoms with Gasteiger partial charge in [-0.25, -0.2) is 4.79 Å². The number of benzene rings is 2. The molecule has 1 atom stereocenters. The van der Waals surface area contributed by atoms with E-state index in [0.717, 1.165) is 11.3 Å². The van der Waals surface area contributed by atoms with Gasteiger partial charge in [-0.2, -0.15) is 0 Å². The van der Waals surface area contributed by atoms with Crippen molar-refractivity contribution >= 4 is 17.6 Å². The Kier molecular flexibility index (Phi) is 5.16. The maximum atomic E-state index is 12.9. The van der Waals surface area contributed by atoms with Crippen molar-refractivity contribution in [3.8, 4) is 5.75 Å². The van der Waals surface area contributed by atoms with Crippen LogP contribution >= 0.6 is 0 Å². The number of ether oxygens (including phenoxy) is 2. The third-order valence-corrected chi connectivity index (χ3v) is 5.03. The quantitative estimate of drug-likeness (QED) is 0.872. The average molecular weight is 382 g/mol. The van der Waals surface area contributed by atoms with Gasteiger partial charge in [0.2, 0.25) is 0 Å². The number of morpholine rings is 1. The second-order valence-corrected chi connectivity index (χ2v) is 6.89. The number of carboxylic acids is 1. The minimum atomic E-state index is -0.945. The van der Waals surface area contributed by atoms with Gasteiger partial charge in [0.25, 0.3) is 5.91 Å². The highest BCUT2D eigenvalue weighted by Crippen LogP contribution is 2.34. The van der Waals surface area contributed by atoms with Crippen LogP contribution in [-0.4, -0.2) is 60.8 Å². The van der Waals surface area contributed by atoms with Crippen LogP contribution in [-0.2, 0) is 16.1 Å². The summed E-state index contributed by atoms with van der Waals surface area (Å²) in [5.74, 6) is -0.286. The molecular formula is C21H22N2O5. The van der Waals surface area contributed by atoms with Crippen LogP contribution in [0.25, 0.3) is 0 Å². The van der Waals surface area contributed by atoms with Crippen molar-refractivity contribution in [2.75, 3.05) is 37.7 Å². The normalized spacial score (nSPS) is 18.9. The van der Waals surface area contributed by atoms with Crippen LogP contribution in [0.2, 0.25) is 0 Å². The van der Waals surface area contributed by atoms with Gasteiger partial charge < -0.3 is 24.4 Å². The largest absolute Gasteiger partial charge is 0.478 e. The molecule has 1 unspecified atom stereocenters. The van der Waals surface area contributed by atoms with Gasteiger partial charge >= 0.3 is 5.97 Å². The molecule has 4 rings (SSSR count). The first-order chi connectivity index (χ1) is 13.6. The lowest BCUT2D eigenvalue weighted by molar-refractivity contribution is -0.142. The van der Waals surface area contributed by atoms with Crippen LogP contribution in [0.5, 0.6) is 5.75 Å². The molecule has 146 valence electrons. The third-order valence-electron chi connectivity index (χ3n) is 5.03. The highest BCUT2D eigenvalue weighted by molar-refractivity contribution is 5.87. The highest BCUT2D eigenvalue weighted by Gasteiger charge is 2.34. The monoisotopic (exact) mass is 382 g/mol. The maximum absolute atomic E-state index is 12.9. The summed E-state index contributed by atoms with van der Waals surface area (Å²) in [6.07, 6.45) is -0.578. The van der Waals surface area contributed by atoms with Gasteiger partial charge in [0.05, 0.1) is 31.0 Å². The zero-order valence-electron chi connectivity index (χ0n) is 15.4. The second-order valence-electron chi connectivity index (χ2n) is 6.89. The molecule has 0 aliphatic carbocycles. The van der Waals surface area contributed by atoms with E-state index in [1.165, 1.54) is 0 Å². The van der Waals surface area contributed by atoms with Gasteiger partial charge in [-0.1, -0.05) is 24.3 Å². The van der Waals surface area contributed by atoms with Crippen LogP contribution < -0.4 is 9.64 Å². The molecule has 1 N–H and O–H groups in total. The zero-order valence-corrected chi connectivity index (χ0v) is 15.4. The maximum Gasteiger partial charge on any atom is 0.335 e. The highest BCUT2D eigenvalue weighted by atomic mass is 16.5. The Bertz CT molecular complexity index is 861. The average Bonchev–Trinajstić information content (AvgIpc) is 2.74. The number of aromatic carboxylic acids is 1. The number of rotatable bonds is 4. The number of para-hydroxylation sites is 2. The van der Waals surface area contributed by atoms with Gasteiger partial charge in [-0.3, -0.25) is 4.79 Å². The van der Waals surface area contributed by atoms with Gasteiger partial charge in [0.1, 0.15) is 5.75 Å². The molecule has 1 fully saturated rings. The lowest BCUT2D eigenvalue weighted by Crippen LogP contribution is -2.52. The van der Waals surface area contributed by atoms with Gasteiger partial charge in [0.15, 0.2) is 6.10 Å². The lowest BCUT2D eigenvalue weighted by atomic mass is 10.1. The fourth-order valence-electron chi connectivity index (χ4n) is 3.55. The van der Waals surface area contributed by atoms with E-state index in [1.807, 2.05) is 24.3 Å². The Hall–Kier alpha value is -3.06. The first kappa shape index (κ1) is 18.3. The molecule has 1 saturated heterocycles. The molecule has 2 aromatic rings. The van der Waals surface area contributed by atoms with E-state index in [1.54, 1.807) is 29.2 Å². The Morgan fingerprint density at radius 1 is 1.04 bits per heavy atom. The summed E-state index contributed by atoms with van der Waals surface area (Å²) in [5.41, 5.74) is 2.15. The minimum Gasteiger partial charge on any atom is -0.478 e. The van der Waals surface area contributed by atoms with Crippen molar-refractivity contribution in [2.45, 2.75) is 12.6 Å². The van der Waals surface area contributed by atoms with Crippen molar-refractivity contribution in [3.05, 3.63) is 59.7 Å². The van der Waals surface area contributed by atoms with Gasteiger partial charge in [-0.15, -0.1) is 0 Å². The number of hydrogen-bond donors (Lipinski definition) is 1. The lowest BCUT2D eigenvalue weighted by Gasteiger charge is -2.38. The van der Waals surface area contributed by atoms with E-state index in [0.29, 0.717) is 45.1 Å². The summed E-state index contributed by atoms with van der Waals surface area (Å²) < 4.78 is 11.3. The molecule has 0 radical (unpaired) electrons. The number of carboxylic acid groups (broad SMARTS) is 1. The first-order valence-corrected chi connectivity index (χ1v) is 9.31. The molecule has 0 bridgehead atoms. The number of hydrogen-bond acceptors (Lipinski definition) is 5. The number of anilines is 1. The Morgan fingerprint density at radius 2 is 1.75 bits per heavy atom. The molecule has 0 saturated carbocycles. The van der Waals surface area contributed by atoms with Crippen LogP contribution in [0.3, 0.4) is 0 Å². The van der Waals surface area contributed by atoms with Gasteiger partial charge in [0, 0.05) is 19.6 Å². The molecule has 2 aromatic carbocycles. The van der Waals surface area contributed by atoms with E-state index in [9.17, 15) is 9.59 Å². The molecule has 0 aromatic heterocycles.